The predicted molar refractivity (Wildman–Crippen MR) is 117 cm³/mol. The highest BCUT2D eigenvalue weighted by molar-refractivity contribution is 7.07. The number of hydrogen-bond acceptors (Lipinski definition) is 5. The molecule has 0 aliphatic carbocycles. The second-order valence-electron chi connectivity index (χ2n) is 8.05. The average Bonchev–Trinajstić information content (AvgIpc) is 3.45. The van der Waals surface area contributed by atoms with Crippen molar-refractivity contribution in [2.75, 3.05) is 32.8 Å². The van der Waals surface area contributed by atoms with Gasteiger partial charge in [-0.05, 0) is 59.8 Å². The molecule has 156 valence electrons. The van der Waals surface area contributed by atoms with E-state index in [0.717, 1.165) is 57.8 Å². The van der Waals surface area contributed by atoms with Gasteiger partial charge in [0.2, 0.25) is 5.91 Å². The number of nitrogens with one attached hydrogen (secondary N) is 1. The molecular weight excluding hydrogens is 382 g/mol. The highest BCUT2D eigenvalue weighted by atomic mass is 32.1. The number of likely N-dealkylation sites (tertiary alicyclic amines) is 1. The molecule has 0 unspecified atom stereocenters. The van der Waals surface area contributed by atoms with Gasteiger partial charge in [-0.3, -0.25) is 14.6 Å². The van der Waals surface area contributed by atoms with Gasteiger partial charge in [0, 0.05) is 32.2 Å². The zero-order valence-corrected chi connectivity index (χ0v) is 18.0. The van der Waals surface area contributed by atoms with Gasteiger partial charge in [0.25, 0.3) is 0 Å². The highest BCUT2D eigenvalue weighted by Gasteiger charge is 2.32. The molecule has 6 heteroatoms. The third-order valence-electron chi connectivity index (χ3n) is 6.10. The van der Waals surface area contributed by atoms with Gasteiger partial charge >= 0.3 is 0 Å². The van der Waals surface area contributed by atoms with Gasteiger partial charge in [-0.15, -0.1) is 0 Å². The molecule has 2 aliphatic rings. The maximum atomic E-state index is 12.8. The minimum atomic E-state index is -0.108. The summed E-state index contributed by atoms with van der Waals surface area (Å²) in [6.07, 6.45) is 2.29. The van der Waals surface area contributed by atoms with E-state index in [4.69, 9.17) is 4.74 Å². The van der Waals surface area contributed by atoms with Crippen molar-refractivity contribution in [2.45, 2.75) is 44.9 Å². The normalized spacial score (nSPS) is 21.9. The summed E-state index contributed by atoms with van der Waals surface area (Å²) < 4.78 is 5.41. The summed E-state index contributed by atoms with van der Waals surface area (Å²) in [5.41, 5.74) is 3.81. The van der Waals surface area contributed by atoms with Crippen LogP contribution < -0.4 is 5.32 Å². The molecule has 0 radical (unpaired) electrons. The Labute approximate surface area is 177 Å². The van der Waals surface area contributed by atoms with Crippen molar-refractivity contribution in [3.63, 3.8) is 0 Å². The minimum absolute atomic E-state index is 0.108. The number of ether oxygens (including phenoxy) is 1. The molecule has 0 spiro atoms. The molecule has 29 heavy (non-hydrogen) atoms. The SMILES string of the molecule is C[C@@H](C(=O)NCc1ccc(CN2CCOCC2)cc1)N1CCC[C@@H]1c1ccsc1. The number of nitrogens with zero attached hydrogens (tertiary/aromatic N) is 2. The predicted octanol–water partition coefficient (Wildman–Crippen LogP) is 3.42. The summed E-state index contributed by atoms with van der Waals surface area (Å²) in [5.74, 6) is 0.115. The summed E-state index contributed by atoms with van der Waals surface area (Å²) in [6, 6.07) is 11.1. The zero-order valence-electron chi connectivity index (χ0n) is 17.2. The molecule has 1 aromatic heterocycles. The number of morpholine rings is 1. The van der Waals surface area contributed by atoms with Crippen LogP contribution in [0.15, 0.2) is 41.1 Å². The van der Waals surface area contributed by atoms with Crippen LogP contribution in [0.1, 0.15) is 42.5 Å². The number of hydrogen-bond donors (Lipinski definition) is 1. The lowest BCUT2D eigenvalue weighted by molar-refractivity contribution is -0.126. The van der Waals surface area contributed by atoms with Crippen LogP contribution in [0.25, 0.3) is 0 Å². The number of amides is 1. The monoisotopic (exact) mass is 413 g/mol. The van der Waals surface area contributed by atoms with E-state index < -0.39 is 0 Å². The van der Waals surface area contributed by atoms with E-state index in [9.17, 15) is 4.79 Å². The molecule has 2 aromatic rings. The van der Waals surface area contributed by atoms with E-state index in [1.165, 1.54) is 11.1 Å². The zero-order chi connectivity index (χ0) is 20.1. The number of rotatable bonds is 7. The molecular formula is C23H31N3O2S. The van der Waals surface area contributed by atoms with Crippen molar-refractivity contribution in [1.29, 1.82) is 0 Å². The van der Waals surface area contributed by atoms with Crippen molar-refractivity contribution >= 4 is 17.2 Å². The van der Waals surface area contributed by atoms with Crippen LogP contribution in [-0.4, -0.2) is 54.6 Å². The van der Waals surface area contributed by atoms with E-state index in [1.54, 1.807) is 11.3 Å². The molecule has 5 nitrogen and oxygen atoms in total. The quantitative estimate of drug-likeness (QED) is 0.755. The highest BCUT2D eigenvalue weighted by Crippen LogP contribution is 2.34. The molecule has 0 saturated carbocycles. The summed E-state index contributed by atoms with van der Waals surface area (Å²) in [7, 11) is 0. The Bertz CT molecular complexity index is 772. The first-order chi connectivity index (χ1) is 14.2. The summed E-state index contributed by atoms with van der Waals surface area (Å²) in [4.78, 5) is 17.5. The van der Waals surface area contributed by atoms with Crippen LogP contribution in [-0.2, 0) is 22.6 Å². The molecule has 1 aromatic carbocycles. The van der Waals surface area contributed by atoms with Gasteiger partial charge in [-0.2, -0.15) is 11.3 Å². The summed E-state index contributed by atoms with van der Waals surface area (Å²) in [5, 5.41) is 7.48. The van der Waals surface area contributed by atoms with Crippen LogP contribution in [0, 0.1) is 0 Å². The van der Waals surface area contributed by atoms with E-state index >= 15 is 0 Å². The second kappa shape index (κ2) is 9.85. The first-order valence-electron chi connectivity index (χ1n) is 10.6. The Kier molecular flexibility index (Phi) is 6.98. The second-order valence-corrected chi connectivity index (χ2v) is 8.83. The minimum Gasteiger partial charge on any atom is -0.379 e. The lowest BCUT2D eigenvalue weighted by Crippen LogP contribution is -2.44. The van der Waals surface area contributed by atoms with Crippen molar-refractivity contribution < 1.29 is 9.53 Å². The average molecular weight is 414 g/mol. The molecule has 2 fully saturated rings. The van der Waals surface area contributed by atoms with Gasteiger partial charge < -0.3 is 10.1 Å². The first kappa shape index (κ1) is 20.5. The lowest BCUT2D eigenvalue weighted by Gasteiger charge is -2.29. The Morgan fingerprint density at radius 2 is 1.93 bits per heavy atom. The number of benzene rings is 1. The van der Waals surface area contributed by atoms with E-state index in [-0.39, 0.29) is 11.9 Å². The Morgan fingerprint density at radius 1 is 1.17 bits per heavy atom. The van der Waals surface area contributed by atoms with Crippen molar-refractivity contribution in [1.82, 2.24) is 15.1 Å². The molecule has 2 atom stereocenters. The smallest absolute Gasteiger partial charge is 0.237 e. The molecule has 0 bridgehead atoms. The topological polar surface area (TPSA) is 44.8 Å². The third-order valence-corrected chi connectivity index (χ3v) is 6.80. The molecule has 1 amide bonds. The van der Waals surface area contributed by atoms with Crippen LogP contribution >= 0.6 is 11.3 Å². The Balaban J connectivity index is 1.27. The fourth-order valence-corrected chi connectivity index (χ4v) is 5.05. The maximum Gasteiger partial charge on any atom is 0.237 e. The van der Waals surface area contributed by atoms with Crippen molar-refractivity contribution in [2.24, 2.45) is 0 Å². The molecule has 4 rings (SSSR count). The molecule has 3 heterocycles. The lowest BCUT2D eigenvalue weighted by atomic mass is 10.1. The third kappa shape index (κ3) is 5.25. The molecule has 2 aliphatic heterocycles. The molecule has 1 N–H and O–H groups in total. The van der Waals surface area contributed by atoms with Crippen LogP contribution in [0.3, 0.4) is 0 Å². The number of carbonyl (C=O) groups excluding carboxylic acids is 1. The standard InChI is InChI=1S/C23H31N3O2S/c1-18(26-9-2-3-22(26)21-8-14-29-17-21)23(27)24-15-19-4-6-20(7-5-19)16-25-10-12-28-13-11-25/h4-8,14,17-18,22H,2-3,9-13,15-16H2,1H3,(H,24,27)/t18-,22+/m0/s1. The van der Waals surface area contributed by atoms with E-state index in [1.807, 2.05) is 6.92 Å². The van der Waals surface area contributed by atoms with E-state index in [2.05, 4.69) is 56.2 Å². The van der Waals surface area contributed by atoms with Gasteiger partial charge in [0.05, 0.1) is 19.3 Å². The fourth-order valence-electron chi connectivity index (χ4n) is 4.34. The van der Waals surface area contributed by atoms with Crippen molar-refractivity contribution in [3.05, 3.63) is 57.8 Å². The first-order valence-corrected chi connectivity index (χ1v) is 11.6. The van der Waals surface area contributed by atoms with Gasteiger partial charge in [-0.25, -0.2) is 0 Å². The summed E-state index contributed by atoms with van der Waals surface area (Å²) in [6.45, 7) is 8.22. The van der Waals surface area contributed by atoms with Gasteiger partial charge in [0.1, 0.15) is 0 Å². The van der Waals surface area contributed by atoms with Crippen LogP contribution in [0.2, 0.25) is 0 Å². The van der Waals surface area contributed by atoms with Crippen molar-refractivity contribution in [3.8, 4) is 0 Å². The van der Waals surface area contributed by atoms with Crippen LogP contribution in [0.4, 0.5) is 0 Å². The molecule has 2 saturated heterocycles. The fraction of sp³-hybridized carbons (Fsp3) is 0.522. The van der Waals surface area contributed by atoms with Crippen LogP contribution in [0.5, 0.6) is 0 Å². The van der Waals surface area contributed by atoms with Gasteiger partial charge in [-0.1, -0.05) is 24.3 Å². The Morgan fingerprint density at radius 3 is 2.66 bits per heavy atom. The Hall–Kier alpha value is -1.73. The van der Waals surface area contributed by atoms with Gasteiger partial charge in [0.15, 0.2) is 0 Å². The summed E-state index contributed by atoms with van der Waals surface area (Å²) >= 11 is 1.73. The van der Waals surface area contributed by atoms with E-state index in [0.29, 0.717) is 12.6 Å². The number of thiophene rings is 1. The number of carbonyl (C=O) groups is 1. The largest absolute Gasteiger partial charge is 0.379 e. The maximum absolute atomic E-state index is 12.8.